The number of hydrogen-bond donors (Lipinski definition) is 2. The molecule has 5 nitrogen and oxygen atoms in total. The first-order valence-electron chi connectivity index (χ1n) is 7.00. The maximum absolute atomic E-state index is 12.3. The van der Waals surface area contributed by atoms with Crippen molar-refractivity contribution in [2.75, 3.05) is 16.8 Å². The van der Waals surface area contributed by atoms with Crippen molar-refractivity contribution in [2.24, 2.45) is 0 Å². The fraction of sp³-hybridized carbons (Fsp3) is 0.176. The first-order valence-corrected chi connectivity index (χ1v) is 7.00. The van der Waals surface area contributed by atoms with Crippen LogP contribution in [0.2, 0.25) is 0 Å². The molecule has 0 saturated heterocycles. The predicted molar refractivity (Wildman–Crippen MR) is 85.9 cm³/mol. The van der Waals surface area contributed by atoms with E-state index in [0.717, 1.165) is 5.56 Å². The molecule has 2 rings (SSSR count). The summed E-state index contributed by atoms with van der Waals surface area (Å²) in [5.41, 5.74) is 2.16. The zero-order valence-electron chi connectivity index (χ0n) is 12.5. The second kappa shape index (κ2) is 6.76. The fourth-order valence-electron chi connectivity index (χ4n) is 2.09. The Kier molecular flexibility index (Phi) is 4.78. The summed E-state index contributed by atoms with van der Waals surface area (Å²) < 4.78 is 0. The number of nitrogens with one attached hydrogen (secondary N) is 1. The van der Waals surface area contributed by atoms with Crippen LogP contribution in [0.5, 0.6) is 5.75 Å². The highest BCUT2D eigenvalue weighted by molar-refractivity contribution is 6.44. The average Bonchev–Trinajstić information content (AvgIpc) is 2.50. The number of hydrogen-bond acceptors (Lipinski definition) is 3. The maximum Gasteiger partial charge on any atom is 0.316 e. The van der Waals surface area contributed by atoms with E-state index in [-0.39, 0.29) is 5.75 Å². The summed E-state index contributed by atoms with van der Waals surface area (Å²) in [5, 5.41) is 11.7. The first kappa shape index (κ1) is 15.6. The summed E-state index contributed by atoms with van der Waals surface area (Å²) in [6.07, 6.45) is 0. The van der Waals surface area contributed by atoms with Crippen LogP contribution in [0, 0.1) is 6.92 Å². The van der Waals surface area contributed by atoms with Gasteiger partial charge in [-0.1, -0.05) is 12.1 Å². The van der Waals surface area contributed by atoms with Gasteiger partial charge in [0.2, 0.25) is 0 Å². The smallest absolute Gasteiger partial charge is 0.316 e. The molecule has 0 fully saturated rings. The van der Waals surface area contributed by atoms with Crippen LogP contribution in [0.25, 0.3) is 0 Å². The molecular formula is C17H18N2O3. The lowest BCUT2D eigenvalue weighted by Crippen LogP contribution is -2.39. The number of likely N-dealkylation sites (N-methyl/N-ethyl adjacent to an activating group) is 1. The van der Waals surface area contributed by atoms with E-state index in [1.807, 2.05) is 32.0 Å². The normalized spacial score (nSPS) is 10.1. The molecule has 2 aromatic rings. The van der Waals surface area contributed by atoms with Gasteiger partial charge in [0, 0.05) is 17.9 Å². The minimum Gasteiger partial charge on any atom is -0.508 e. The number of nitrogens with zero attached hydrogens (tertiary/aromatic N) is 1. The summed E-state index contributed by atoms with van der Waals surface area (Å²) in [6.45, 7) is 4.14. The van der Waals surface area contributed by atoms with Gasteiger partial charge in [0.15, 0.2) is 0 Å². The molecule has 0 spiro atoms. The summed E-state index contributed by atoms with van der Waals surface area (Å²) in [7, 11) is 0. The average molecular weight is 298 g/mol. The predicted octanol–water partition coefficient (Wildman–Crippen LogP) is 2.69. The van der Waals surface area contributed by atoms with Gasteiger partial charge in [0.25, 0.3) is 0 Å². The second-order valence-electron chi connectivity index (χ2n) is 4.89. The van der Waals surface area contributed by atoms with Crippen molar-refractivity contribution in [1.82, 2.24) is 0 Å². The summed E-state index contributed by atoms with van der Waals surface area (Å²) in [6, 6.07) is 13.4. The Bertz CT molecular complexity index is 681. The molecule has 0 aliphatic carbocycles. The van der Waals surface area contributed by atoms with Crippen molar-refractivity contribution < 1.29 is 14.7 Å². The number of carbonyl (C=O) groups excluding carboxylic acids is 2. The van der Waals surface area contributed by atoms with Gasteiger partial charge >= 0.3 is 11.8 Å². The van der Waals surface area contributed by atoms with Gasteiger partial charge in [-0.05, 0) is 55.8 Å². The Hall–Kier alpha value is -2.82. The van der Waals surface area contributed by atoms with Crippen LogP contribution >= 0.6 is 0 Å². The molecular weight excluding hydrogens is 280 g/mol. The van der Waals surface area contributed by atoms with Gasteiger partial charge < -0.3 is 15.3 Å². The number of aryl methyl sites for hydroxylation is 1. The van der Waals surface area contributed by atoms with Gasteiger partial charge in [-0.25, -0.2) is 0 Å². The highest BCUT2D eigenvalue weighted by Crippen LogP contribution is 2.17. The molecule has 0 aliphatic heterocycles. The maximum atomic E-state index is 12.3. The molecule has 0 atom stereocenters. The van der Waals surface area contributed by atoms with Crippen LogP contribution in [0.3, 0.4) is 0 Å². The summed E-state index contributed by atoms with van der Waals surface area (Å²) >= 11 is 0. The Labute approximate surface area is 129 Å². The van der Waals surface area contributed by atoms with E-state index in [1.165, 1.54) is 29.2 Å². The highest BCUT2D eigenvalue weighted by Gasteiger charge is 2.22. The van der Waals surface area contributed by atoms with Crippen LogP contribution in [-0.4, -0.2) is 23.5 Å². The molecule has 0 heterocycles. The molecule has 0 radical (unpaired) electrons. The van der Waals surface area contributed by atoms with Crippen molar-refractivity contribution in [3.05, 3.63) is 54.1 Å². The van der Waals surface area contributed by atoms with E-state index in [0.29, 0.717) is 17.9 Å². The van der Waals surface area contributed by atoms with E-state index in [9.17, 15) is 14.7 Å². The third kappa shape index (κ3) is 3.63. The Morgan fingerprint density at radius 1 is 1.14 bits per heavy atom. The molecule has 0 aliphatic rings. The van der Waals surface area contributed by atoms with E-state index in [1.54, 1.807) is 6.07 Å². The Morgan fingerprint density at radius 2 is 1.82 bits per heavy atom. The molecule has 2 aromatic carbocycles. The molecule has 2 amide bonds. The number of aromatic hydroxyl groups is 1. The van der Waals surface area contributed by atoms with Gasteiger partial charge in [-0.15, -0.1) is 0 Å². The molecule has 114 valence electrons. The first-order chi connectivity index (χ1) is 10.5. The number of carbonyl (C=O) groups is 2. The highest BCUT2D eigenvalue weighted by atomic mass is 16.3. The number of rotatable bonds is 3. The number of benzene rings is 2. The number of phenolic OH excluding ortho intramolecular Hbond substituents is 1. The molecule has 2 N–H and O–H groups in total. The number of anilines is 2. The van der Waals surface area contributed by atoms with Crippen LogP contribution in [-0.2, 0) is 9.59 Å². The van der Waals surface area contributed by atoms with Crippen molar-refractivity contribution >= 4 is 23.2 Å². The zero-order valence-corrected chi connectivity index (χ0v) is 12.5. The summed E-state index contributed by atoms with van der Waals surface area (Å²) in [5.74, 6) is -1.24. The Balaban J connectivity index is 2.14. The van der Waals surface area contributed by atoms with Crippen molar-refractivity contribution in [2.45, 2.75) is 13.8 Å². The fourth-order valence-corrected chi connectivity index (χ4v) is 2.09. The molecule has 0 unspecified atom stereocenters. The van der Waals surface area contributed by atoms with Crippen LogP contribution in [0.1, 0.15) is 12.5 Å². The minimum absolute atomic E-state index is 0.0965. The topological polar surface area (TPSA) is 69.6 Å². The van der Waals surface area contributed by atoms with E-state index < -0.39 is 11.8 Å². The van der Waals surface area contributed by atoms with Gasteiger partial charge in [0.1, 0.15) is 5.75 Å². The molecule has 5 heteroatoms. The van der Waals surface area contributed by atoms with E-state index in [2.05, 4.69) is 5.32 Å². The Morgan fingerprint density at radius 3 is 2.41 bits per heavy atom. The van der Waals surface area contributed by atoms with Gasteiger partial charge in [-0.3, -0.25) is 9.59 Å². The molecule has 0 bridgehead atoms. The molecule has 0 saturated carbocycles. The van der Waals surface area contributed by atoms with Gasteiger partial charge in [-0.2, -0.15) is 0 Å². The van der Waals surface area contributed by atoms with Crippen molar-refractivity contribution in [1.29, 1.82) is 0 Å². The van der Waals surface area contributed by atoms with E-state index in [4.69, 9.17) is 0 Å². The summed E-state index contributed by atoms with van der Waals surface area (Å²) in [4.78, 5) is 25.8. The molecule has 0 aromatic heterocycles. The third-order valence-electron chi connectivity index (χ3n) is 3.19. The minimum atomic E-state index is -0.714. The van der Waals surface area contributed by atoms with Gasteiger partial charge in [0.05, 0.1) is 0 Å². The van der Waals surface area contributed by atoms with Crippen LogP contribution in [0.15, 0.2) is 48.5 Å². The SMILES string of the molecule is CCN(C(=O)C(=O)Nc1ccc(O)cc1)c1cccc(C)c1. The van der Waals surface area contributed by atoms with E-state index >= 15 is 0 Å². The lowest BCUT2D eigenvalue weighted by molar-refractivity contribution is -0.134. The second-order valence-corrected chi connectivity index (χ2v) is 4.89. The van der Waals surface area contributed by atoms with Crippen LogP contribution < -0.4 is 10.2 Å². The van der Waals surface area contributed by atoms with Crippen molar-refractivity contribution in [3.63, 3.8) is 0 Å². The lowest BCUT2D eigenvalue weighted by Gasteiger charge is -2.20. The quantitative estimate of drug-likeness (QED) is 0.676. The number of amides is 2. The number of phenols is 1. The zero-order chi connectivity index (χ0) is 16.1. The largest absolute Gasteiger partial charge is 0.508 e. The monoisotopic (exact) mass is 298 g/mol. The standard InChI is InChI=1S/C17H18N2O3/c1-3-19(14-6-4-5-12(2)11-14)17(22)16(21)18-13-7-9-15(20)10-8-13/h4-11,20H,3H2,1-2H3,(H,18,21). The third-order valence-corrected chi connectivity index (χ3v) is 3.19. The molecule has 22 heavy (non-hydrogen) atoms. The lowest BCUT2D eigenvalue weighted by atomic mass is 10.2. The van der Waals surface area contributed by atoms with Crippen LogP contribution in [0.4, 0.5) is 11.4 Å². The van der Waals surface area contributed by atoms with Crippen molar-refractivity contribution in [3.8, 4) is 5.75 Å².